The number of carbonyl (C=O) groups excluding carboxylic acids is 1. The average Bonchev–Trinajstić information content (AvgIpc) is 2.48. The molecule has 0 fully saturated rings. The topological polar surface area (TPSA) is 38.3 Å². The summed E-state index contributed by atoms with van der Waals surface area (Å²) >= 11 is 6.01. The monoisotopic (exact) mass is 303 g/mol. The van der Waals surface area contributed by atoms with E-state index in [0.717, 1.165) is 11.1 Å². The lowest BCUT2D eigenvalue weighted by Crippen LogP contribution is -2.36. The van der Waals surface area contributed by atoms with Crippen LogP contribution in [0.5, 0.6) is 5.75 Å². The van der Waals surface area contributed by atoms with Gasteiger partial charge in [0, 0.05) is 6.54 Å². The van der Waals surface area contributed by atoms with Crippen LogP contribution in [0.4, 0.5) is 0 Å². The zero-order valence-electron chi connectivity index (χ0n) is 12.1. The molecule has 0 aliphatic carbocycles. The molecule has 0 heterocycles. The van der Waals surface area contributed by atoms with Gasteiger partial charge in [-0.1, -0.05) is 48.0 Å². The highest BCUT2D eigenvalue weighted by Crippen LogP contribution is 2.24. The molecule has 4 heteroatoms. The number of ether oxygens (including phenoxy) is 1. The highest BCUT2D eigenvalue weighted by atomic mass is 35.5. The van der Waals surface area contributed by atoms with Gasteiger partial charge in [0.2, 0.25) is 0 Å². The van der Waals surface area contributed by atoms with E-state index in [1.54, 1.807) is 19.1 Å². The number of carbonyl (C=O) groups is 1. The summed E-state index contributed by atoms with van der Waals surface area (Å²) in [5.41, 5.74) is 2.24. The average molecular weight is 304 g/mol. The van der Waals surface area contributed by atoms with Crippen LogP contribution >= 0.6 is 11.6 Å². The second-order valence-corrected chi connectivity index (χ2v) is 5.24. The van der Waals surface area contributed by atoms with Gasteiger partial charge in [0.05, 0.1) is 5.02 Å². The Morgan fingerprint density at radius 3 is 2.57 bits per heavy atom. The molecule has 21 heavy (non-hydrogen) atoms. The molecular weight excluding hydrogens is 286 g/mol. The van der Waals surface area contributed by atoms with Crippen LogP contribution in [0.2, 0.25) is 5.02 Å². The van der Waals surface area contributed by atoms with E-state index in [9.17, 15) is 4.79 Å². The molecular formula is C17H18ClNO2. The Morgan fingerprint density at radius 2 is 1.86 bits per heavy atom. The summed E-state index contributed by atoms with van der Waals surface area (Å²) in [5.74, 6) is 0.343. The second kappa shape index (κ2) is 7.14. The van der Waals surface area contributed by atoms with Crippen molar-refractivity contribution in [3.8, 4) is 5.75 Å². The van der Waals surface area contributed by atoms with Crippen molar-refractivity contribution in [3.05, 3.63) is 64.7 Å². The highest BCUT2D eigenvalue weighted by Gasteiger charge is 2.15. The smallest absolute Gasteiger partial charge is 0.261 e. The summed E-state index contributed by atoms with van der Waals surface area (Å²) in [7, 11) is 0. The number of hydrogen-bond acceptors (Lipinski definition) is 2. The molecule has 2 aromatic rings. The Kier molecular flexibility index (Phi) is 5.23. The molecule has 0 aliphatic rings. The third kappa shape index (κ3) is 4.23. The number of halogens is 1. The van der Waals surface area contributed by atoms with E-state index < -0.39 is 6.10 Å². The van der Waals surface area contributed by atoms with Crippen LogP contribution in [0.25, 0.3) is 0 Å². The van der Waals surface area contributed by atoms with Crippen LogP contribution in [-0.2, 0) is 11.3 Å². The number of rotatable bonds is 5. The number of benzene rings is 2. The maximum absolute atomic E-state index is 12.1. The predicted molar refractivity (Wildman–Crippen MR) is 84.6 cm³/mol. The first-order valence-electron chi connectivity index (χ1n) is 6.81. The molecule has 1 N–H and O–H groups in total. The van der Waals surface area contributed by atoms with Crippen molar-refractivity contribution in [2.75, 3.05) is 0 Å². The van der Waals surface area contributed by atoms with Crippen molar-refractivity contribution in [3.63, 3.8) is 0 Å². The van der Waals surface area contributed by atoms with E-state index in [0.29, 0.717) is 17.3 Å². The maximum Gasteiger partial charge on any atom is 0.261 e. The largest absolute Gasteiger partial charge is 0.479 e. The van der Waals surface area contributed by atoms with E-state index in [-0.39, 0.29) is 5.91 Å². The van der Waals surface area contributed by atoms with Gasteiger partial charge in [0.25, 0.3) is 5.91 Å². The van der Waals surface area contributed by atoms with Crippen molar-refractivity contribution >= 4 is 17.5 Å². The van der Waals surface area contributed by atoms with E-state index in [1.165, 1.54) is 0 Å². The molecule has 2 aromatic carbocycles. The van der Waals surface area contributed by atoms with Gasteiger partial charge in [-0.05, 0) is 37.1 Å². The van der Waals surface area contributed by atoms with Gasteiger partial charge >= 0.3 is 0 Å². The lowest BCUT2D eigenvalue weighted by Gasteiger charge is -2.16. The van der Waals surface area contributed by atoms with Crippen LogP contribution < -0.4 is 10.1 Å². The summed E-state index contributed by atoms with van der Waals surface area (Å²) in [4.78, 5) is 12.1. The summed E-state index contributed by atoms with van der Waals surface area (Å²) in [6.07, 6.45) is -0.603. The Balaban J connectivity index is 1.91. The molecule has 0 bridgehead atoms. The molecule has 3 nitrogen and oxygen atoms in total. The fourth-order valence-electron chi connectivity index (χ4n) is 1.92. The van der Waals surface area contributed by atoms with Gasteiger partial charge in [0.1, 0.15) is 5.75 Å². The van der Waals surface area contributed by atoms with Gasteiger partial charge in [-0.3, -0.25) is 4.79 Å². The van der Waals surface area contributed by atoms with Crippen LogP contribution in [-0.4, -0.2) is 12.0 Å². The molecule has 110 valence electrons. The SMILES string of the molecule is Cc1ccccc1CNC(=O)[C@H](C)Oc1ccccc1Cl. The maximum atomic E-state index is 12.1. The van der Waals surface area contributed by atoms with Gasteiger partial charge < -0.3 is 10.1 Å². The Bertz CT molecular complexity index is 628. The zero-order valence-corrected chi connectivity index (χ0v) is 12.9. The second-order valence-electron chi connectivity index (χ2n) is 4.83. The molecule has 0 unspecified atom stereocenters. The predicted octanol–water partition coefficient (Wildman–Crippen LogP) is 3.73. The van der Waals surface area contributed by atoms with E-state index >= 15 is 0 Å². The fourth-order valence-corrected chi connectivity index (χ4v) is 2.10. The number of aryl methyl sites for hydroxylation is 1. The third-order valence-corrected chi connectivity index (χ3v) is 3.54. The fraction of sp³-hybridized carbons (Fsp3) is 0.235. The minimum atomic E-state index is -0.603. The van der Waals surface area contributed by atoms with E-state index in [2.05, 4.69) is 5.32 Å². The van der Waals surface area contributed by atoms with E-state index in [1.807, 2.05) is 43.3 Å². The number of hydrogen-bond donors (Lipinski definition) is 1. The first-order chi connectivity index (χ1) is 10.1. The number of nitrogens with one attached hydrogen (secondary N) is 1. The van der Waals surface area contributed by atoms with Crippen molar-refractivity contribution in [2.45, 2.75) is 26.5 Å². The lowest BCUT2D eigenvalue weighted by atomic mass is 10.1. The molecule has 0 spiro atoms. The zero-order chi connectivity index (χ0) is 15.2. The summed E-state index contributed by atoms with van der Waals surface area (Å²) in [5, 5.41) is 3.37. The number of para-hydroxylation sites is 1. The normalized spacial score (nSPS) is 11.8. The first kappa shape index (κ1) is 15.4. The van der Waals surface area contributed by atoms with Gasteiger partial charge in [-0.15, -0.1) is 0 Å². The van der Waals surface area contributed by atoms with Crippen LogP contribution in [0.3, 0.4) is 0 Å². The molecule has 0 saturated carbocycles. The molecule has 2 rings (SSSR count). The summed E-state index contributed by atoms with van der Waals surface area (Å²) < 4.78 is 5.58. The van der Waals surface area contributed by atoms with Crippen LogP contribution in [0.1, 0.15) is 18.1 Å². The Morgan fingerprint density at radius 1 is 1.19 bits per heavy atom. The number of amides is 1. The molecule has 1 amide bonds. The first-order valence-corrected chi connectivity index (χ1v) is 7.19. The van der Waals surface area contributed by atoms with Gasteiger partial charge in [0.15, 0.2) is 6.10 Å². The summed E-state index contributed by atoms with van der Waals surface area (Å²) in [6, 6.07) is 15.1. The third-order valence-electron chi connectivity index (χ3n) is 3.22. The minimum absolute atomic E-state index is 0.168. The molecule has 0 saturated heterocycles. The van der Waals surface area contributed by atoms with E-state index in [4.69, 9.17) is 16.3 Å². The lowest BCUT2D eigenvalue weighted by molar-refractivity contribution is -0.127. The van der Waals surface area contributed by atoms with Crippen LogP contribution in [0.15, 0.2) is 48.5 Å². The van der Waals surface area contributed by atoms with Crippen molar-refractivity contribution in [1.29, 1.82) is 0 Å². The molecule has 0 radical (unpaired) electrons. The summed E-state index contributed by atoms with van der Waals surface area (Å²) in [6.45, 7) is 4.21. The minimum Gasteiger partial charge on any atom is -0.479 e. The standard InChI is InChI=1S/C17H18ClNO2/c1-12-7-3-4-8-14(12)11-19-17(20)13(2)21-16-10-6-5-9-15(16)18/h3-10,13H,11H2,1-2H3,(H,19,20)/t13-/m0/s1. The quantitative estimate of drug-likeness (QED) is 0.914. The molecule has 0 aliphatic heterocycles. The van der Waals surface area contributed by atoms with Gasteiger partial charge in [-0.2, -0.15) is 0 Å². The molecule has 1 atom stereocenters. The Hall–Kier alpha value is -2.00. The van der Waals surface area contributed by atoms with Crippen molar-refractivity contribution in [2.24, 2.45) is 0 Å². The van der Waals surface area contributed by atoms with Gasteiger partial charge in [-0.25, -0.2) is 0 Å². The Labute approximate surface area is 129 Å². The van der Waals surface area contributed by atoms with Crippen molar-refractivity contribution < 1.29 is 9.53 Å². The van der Waals surface area contributed by atoms with Crippen LogP contribution in [0, 0.1) is 6.92 Å². The molecule has 0 aromatic heterocycles. The van der Waals surface area contributed by atoms with Crippen molar-refractivity contribution in [1.82, 2.24) is 5.32 Å². The highest BCUT2D eigenvalue weighted by molar-refractivity contribution is 6.32.